The Kier molecular flexibility index (Phi) is 4.32. The van der Waals surface area contributed by atoms with Crippen molar-refractivity contribution in [3.63, 3.8) is 0 Å². The van der Waals surface area contributed by atoms with E-state index in [0.29, 0.717) is 6.42 Å². The molecule has 0 unspecified atom stereocenters. The van der Waals surface area contributed by atoms with E-state index < -0.39 is 0 Å². The van der Waals surface area contributed by atoms with Gasteiger partial charge in [-0.2, -0.15) is 5.26 Å². The number of benzene rings is 1. The standard InChI is InChI=1S/C14H18N4/c1-18-11-17-13-10-12(4-5-14(13)18)6-9-16-8-3-2-7-15/h4-5,10-11,16H,2-3,6,8-9H2,1H3. The van der Waals surface area contributed by atoms with Crippen LogP contribution in [0.1, 0.15) is 18.4 Å². The fourth-order valence-corrected chi connectivity index (χ4v) is 1.99. The van der Waals surface area contributed by atoms with E-state index in [-0.39, 0.29) is 0 Å². The second-order valence-electron chi connectivity index (χ2n) is 4.44. The number of nitrogens with one attached hydrogen (secondary N) is 1. The minimum Gasteiger partial charge on any atom is -0.334 e. The molecular formula is C14H18N4. The molecular weight excluding hydrogens is 224 g/mol. The van der Waals surface area contributed by atoms with Crippen LogP contribution in [0, 0.1) is 11.3 Å². The van der Waals surface area contributed by atoms with Crippen molar-refractivity contribution < 1.29 is 0 Å². The summed E-state index contributed by atoms with van der Waals surface area (Å²) in [5.74, 6) is 0. The van der Waals surface area contributed by atoms with E-state index in [0.717, 1.165) is 31.4 Å². The first-order valence-electron chi connectivity index (χ1n) is 6.29. The molecule has 0 aliphatic carbocycles. The molecule has 0 saturated carbocycles. The highest BCUT2D eigenvalue weighted by Crippen LogP contribution is 2.13. The number of rotatable bonds is 6. The van der Waals surface area contributed by atoms with Gasteiger partial charge in [0.05, 0.1) is 23.4 Å². The summed E-state index contributed by atoms with van der Waals surface area (Å²) in [7, 11) is 2.01. The molecule has 94 valence electrons. The minimum absolute atomic E-state index is 0.632. The van der Waals surface area contributed by atoms with Gasteiger partial charge in [0.2, 0.25) is 0 Å². The van der Waals surface area contributed by atoms with Crippen molar-refractivity contribution in [1.29, 1.82) is 5.26 Å². The van der Waals surface area contributed by atoms with Crippen molar-refractivity contribution >= 4 is 11.0 Å². The predicted molar refractivity (Wildman–Crippen MR) is 72.1 cm³/mol. The second kappa shape index (κ2) is 6.18. The first kappa shape index (κ1) is 12.6. The molecule has 0 amide bonds. The molecule has 0 spiro atoms. The van der Waals surface area contributed by atoms with Gasteiger partial charge in [0.1, 0.15) is 0 Å². The van der Waals surface area contributed by atoms with Crippen molar-refractivity contribution in [2.75, 3.05) is 13.1 Å². The van der Waals surface area contributed by atoms with Gasteiger partial charge in [-0.05, 0) is 43.6 Å². The summed E-state index contributed by atoms with van der Waals surface area (Å²) in [6, 6.07) is 8.57. The Labute approximate surface area is 107 Å². The summed E-state index contributed by atoms with van der Waals surface area (Å²) in [5.41, 5.74) is 3.52. The zero-order valence-corrected chi connectivity index (χ0v) is 10.7. The number of nitriles is 1. The molecule has 2 rings (SSSR count). The van der Waals surface area contributed by atoms with Crippen molar-refractivity contribution in [2.24, 2.45) is 7.05 Å². The highest BCUT2D eigenvalue weighted by molar-refractivity contribution is 5.75. The molecule has 0 bridgehead atoms. The Morgan fingerprint density at radius 1 is 1.39 bits per heavy atom. The zero-order chi connectivity index (χ0) is 12.8. The van der Waals surface area contributed by atoms with Crippen LogP contribution in [0.25, 0.3) is 11.0 Å². The molecule has 4 heteroatoms. The SMILES string of the molecule is Cn1cnc2cc(CCNCCCC#N)ccc21. The molecule has 0 atom stereocenters. The van der Waals surface area contributed by atoms with Crippen LogP contribution in [0.4, 0.5) is 0 Å². The molecule has 0 aliphatic rings. The summed E-state index contributed by atoms with van der Waals surface area (Å²) in [5, 5.41) is 11.8. The van der Waals surface area contributed by atoms with Crippen LogP contribution >= 0.6 is 0 Å². The Morgan fingerprint density at radius 2 is 2.28 bits per heavy atom. The van der Waals surface area contributed by atoms with Gasteiger partial charge in [0.15, 0.2) is 0 Å². The van der Waals surface area contributed by atoms with E-state index in [9.17, 15) is 0 Å². The normalized spacial score (nSPS) is 10.7. The number of fused-ring (bicyclic) bond motifs is 1. The number of aryl methyl sites for hydroxylation is 1. The van der Waals surface area contributed by atoms with Crippen molar-refractivity contribution in [3.05, 3.63) is 30.1 Å². The topological polar surface area (TPSA) is 53.6 Å². The Balaban J connectivity index is 1.83. The molecule has 0 saturated heterocycles. The average molecular weight is 242 g/mol. The van der Waals surface area contributed by atoms with E-state index in [4.69, 9.17) is 5.26 Å². The number of nitrogens with zero attached hydrogens (tertiary/aromatic N) is 3. The highest BCUT2D eigenvalue weighted by atomic mass is 15.0. The first-order valence-corrected chi connectivity index (χ1v) is 6.29. The molecule has 1 aromatic heterocycles. The van der Waals surface area contributed by atoms with E-state index in [1.165, 1.54) is 11.1 Å². The van der Waals surface area contributed by atoms with Crippen LogP contribution < -0.4 is 5.32 Å². The summed E-state index contributed by atoms with van der Waals surface area (Å²) < 4.78 is 2.03. The van der Waals surface area contributed by atoms with Gasteiger partial charge in [0.25, 0.3) is 0 Å². The molecule has 1 heterocycles. The fraction of sp³-hybridized carbons (Fsp3) is 0.429. The lowest BCUT2D eigenvalue weighted by Gasteiger charge is -2.04. The fourth-order valence-electron chi connectivity index (χ4n) is 1.99. The van der Waals surface area contributed by atoms with E-state index in [1.807, 2.05) is 17.9 Å². The predicted octanol–water partition coefficient (Wildman–Crippen LogP) is 2.01. The first-order chi connectivity index (χ1) is 8.81. The third kappa shape index (κ3) is 3.08. The Morgan fingerprint density at radius 3 is 3.11 bits per heavy atom. The van der Waals surface area contributed by atoms with Crippen molar-refractivity contribution in [1.82, 2.24) is 14.9 Å². The molecule has 2 aromatic rings. The van der Waals surface area contributed by atoms with Crippen LogP contribution in [0.5, 0.6) is 0 Å². The average Bonchev–Trinajstić information content (AvgIpc) is 2.75. The number of imidazole rings is 1. The lowest BCUT2D eigenvalue weighted by molar-refractivity contribution is 0.655. The summed E-state index contributed by atoms with van der Waals surface area (Å²) in [4.78, 5) is 4.35. The van der Waals surface area contributed by atoms with Crippen LogP contribution in [0.2, 0.25) is 0 Å². The maximum absolute atomic E-state index is 8.42. The monoisotopic (exact) mass is 242 g/mol. The van der Waals surface area contributed by atoms with Crippen molar-refractivity contribution in [2.45, 2.75) is 19.3 Å². The lowest BCUT2D eigenvalue weighted by Crippen LogP contribution is -2.18. The minimum atomic E-state index is 0.632. The van der Waals surface area contributed by atoms with Gasteiger partial charge in [-0.25, -0.2) is 4.98 Å². The Bertz CT molecular complexity index is 550. The van der Waals surface area contributed by atoms with Gasteiger partial charge in [-0.1, -0.05) is 6.07 Å². The number of aromatic nitrogens is 2. The summed E-state index contributed by atoms with van der Waals surface area (Å²) in [6.07, 6.45) is 4.40. The van der Waals surface area contributed by atoms with Gasteiger partial charge >= 0.3 is 0 Å². The largest absolute Gasteiger partial charge is 0.334 e. The third-order valence-corrected chi connectivity index (χ3v) is 3.02. The van der Waals surface area contributed by atoms with Gasteiger partial charge in [-0.3, -0.25) is 0 Å². The third-order valence-electron chi connectivity index (χ3n) is 3.02. The molecule has 0 aliphatic heterocycles. The maximum Gasteiger partial charge on any atom is 0.0955 e. The van der Waals surface area contributed by atoms with Gasteiger partial charge in [-0.15, -0.1) is 0 Å². The molecule has 4 nitrogen and oxygen atoms in total. The van der Waals surface area contributed by atoms with Crippen molar-refractivity contribution in [3.8, 4) is 6.07 Å². The van der Waals surface area contributed by atoms with Crippen LogP contribution in [0.3, 0.4) is 0 Å². The summed E-state index contributed by atoms with van der Waals surface area (Å²) in [6.45, 7) is 1.86. The lowest BCUT2D eigenvalue weighted by atomic mass is 10.1. The number of hydrogen-bond donors (Lipinski definition) is 1. The van der Waals surface area contributed by atoms with E-state index >= 15 is 0 Å². The number of hydrogen-bond acceptors (Lipinski definition) is 3. The zero-order valence-electron chi connectivity index (χ0n) is 10.7. The van der Waals surface area contributed by atoms with Crippen LogP contribution in [0.15, 0.2) is 24.5 Å². The molecule has 1 aromatic carbocycles. The molecule has 0 radical (unpaired) electrons. The van der Waals surface area contributed by atoms with E-state index in [1.54, 1.807) is 0 Å². The van der Waals surface area contributed by atoms with Crippen LogP contribution in [-0.2, 0) is 13.5 Å². The molecule has 0 fully saturated rings. The van der Waals surface area contributed by atoms with Gasteiger partial charge in [0, 0.05) is 13.5 Å². The quantitative estimate of drug-likeness (QED) is 0.788. The van der Waals surface area contributed by atoms with E-state index in [2.05, 4.69) is 34.6 Å². The molecule has 1 N–H and O–H groups in total. The second-order valence-corrected chi connectivity index (χ2v) is 4.44. The Hall–Kier alpha value is -1.86. The summed E-state index contributed by atoms with van der Waals surface area (Å²) >= 11 is 0. The highest BCUT2D eigenvalue weighted by Gasteiger charge is 2.00. The molecule has 18 heavy (non-hydrogen) atoms. The van der Waals surface area contributed by atoms with Gasteiger partial charge < -0.3 is 9.88 Å². The smallest absolute Gasteiger partial charge is 0.0955 e. The maximum atomic E-state index is 8.42. The van der Waals surface area contributed by atoms with Crippen LogP contribution in [-0.4, -0.2) is 22.6 Å². The number of unbranched alkanes of at least 4 members (excludes halogenated alkanes) is 1.